The fourth-order valence-corrected chi connectivity index (χ4v) is 2.26. The normalized spacial score (nSPS) is 13.6. The van der Waals surface area contributed by atoms with Gasteiger partial charge in [-0.15, -0.1) is 0 Å². The van der Waals surface area contributed by atoms with Gasteiger partial charge >= 0.3 is 0 Å². The van der Waals surface area contributed by atoms with Gasteiger partial charge in [0, 0.05) is 0 Å². The monoisotopic (exact) mass is 260 g/mol. The van der Waals surface area contributed by atoms with Crippen LogP contribution in [0.4, 0.5) is 5.69 Å². The first kappa shape index (κ1) is 13.4. The minimum atomic E-state index is -0.456. The lowest BCUT2D eigenvalue weighted by Gasteiger charge is -2.15. The second-order valence-electron chi connectivity index (χ2n) is 4.68. The summed E-state index contributed by atoms with van der Waals surface area (Å²) in [6.07, 6.45) is 0.704. The second kappa shape index (κ2) is 5.32. The van der Waals surface area contributed by atoms with Crippen LogP contribution in [-0.4, -0.2) is 24.1 Å². The fourth-order valence-electron chi connectivity index (χ4n) is 2.26. The molecular weight excluding hydrogens is 244 g/mol. The van der Waals surface area contributed by atoms with Crippen molar-refractivity contribution in [2.45, 2.75) is 26.2 Å². The van der Waals surface area contributed by atoms with Crippen LogP contribution in [-0.2, 0) is 27.2 Å². The number of nitrogens with two attached hydrogens (primary N) is 1. The smallest absolute Gasteiger partial charge is 0.241 e. The van der Waals surface area contributed by atoms with Crippen molar-refractivity contribution in [3.8, 4) is 0 Å². The summed E-state index contributed by atoms with van der Waals surface area (Å²) in [4.78, 5) is 35.9. The fraction of sp³-hybridized carbons (Fsp3) is 0.357. The minimum absolute atomic E-state index is 0.206. The van der Waals surface area contributed by atoms with E-state index in [0.717, 1.165) is 22.4 Å². The van der Waals surface area contributed by atoms with Crippen LogP contribution >= 0.6 is 0 Å². The summed E-state index contributed by atoms with van der Waals surface area (Å²) < 4.78 is 0. The second-order valence-corrected chi connectivity index (χ2v) is 4.68. The highest BCUT2D eigenvalue weighted by molar-refractivity contribution is 6.22. The average molecular weight is 260 g/mol. The third-order valence-corrected chi connectivity index (χ3v) is 3.06. The van der Waals surface area contributed by atoms with E-state index in [1.54, 1.807) is 6.07 Å². The number of rotatable bonds is 4. The zero-order chi connectivity index (χ0) is 14.0. The van der Waals surface area contributed by atoms with Crippen LogP contribution in [0.1, 0.15) is 24.5 Å². The first-order valence-electron chi connectivity index (χ1n) is 6.20. The zero-order valence-corrected chi connectivity index (χ0v) is 10.8. The Morgan fingerprint density at radius 1 is 1.37 bits per heavy atom. The minimum Gasteiger partial charge on any atom is -0.330 e. The van der Waals surface area contributed by atoms with Crippen molar-refractivity contribution in [1.82, 2.24) is 0 Å². The number of carbonyl (C=O) groups excluding carboxylic acids is 3. The molecule has 0 unspecified atom stereocenters. The lowest BCUT2D eigenvalue weighted by molar-refractivity contribution is -0.128. The summed E-state index contributed by atoms with van der Waals surface area (Å²) in [5.74, 6) is -0.972. The maximum absolute atomic E-state index is 11.9. The van der Waals surface area contributed by atoms with E-state index < -0.39 is 5.91 Å². The summed E-state index contributed by atoms with van der Waals surface area (Å²) in [5, 5.41) is 0. The van der Waals surface area contributed by atoms with E-state index in [2.05, 4.69) is 0 Å². The quantitative estimate of drug-likeness (QED) is 0.803. The van der Waals surface area contributed by atoms with E-state index in [9.17, 15) is 14.4 Å². The Kier molecular flexibility index (Phi) is 3.76. The average Bonchev–Trinajstić information content (AvgIpc) is 2.63. The zero-order valence-electron chi connectivity index (χ0n) is 10.8. The van der Waals surface area contributed by atoms with E-state index >= 15 is 0 Å². The lowest BCUT2D eigenvalue weighted by atomic mass is 10.1. The van der Waals surface area contributed by atoms with Crippen molar-refractivity contribution in [1.29, 1.82) is 0 Å². The van der Waals surface area contributed by atoms with Crippen LogP contribution in [0, 0.1) is 0 Å². The van der Waals surface area contributed by atoms with Gasteiger partial charge in [-0.1, -0.05) is 12.1 Å². The number of amides is 2. The van der Waals surface area contributed by atoms with E-state index in [1.165, 1.54) is 6.92 Å². The van der Waals surface area contributed by atoms with Crippen LogP contribution in [0.3, 0.4) is 0 Å². The van der Waals surface area contributed by atoms with Gasteiger partial charge in [0.15, 0.2) is 0 Å². The van der Waals surface area contributed by atoms with E-state index in [4.69, 9.17) is 5.73 Å². The standard InChI is InChI=1S/C14H16N2O3/c1-9(17)6-13(18)16-12-3-2-10(4-5-15)7-11(12)8-14(16)19/h2-3,7H,4-6,8,15H2,1H3. The molecule has 1 aliphatic rings. The maximum atomic E-state index is 11.9. The van der Waals surface area contributed by atoms with Gasteiger partial charge in [0.1, 0.15) is 5.78 Å². The van der Waals surface area contributed by atoms with Crippen LogP contribution < -0.4 is 10.6 Å². The highest BCUT2D eigenvalue weighted by atomic mass is 16.2. The van der Waals surface area contributed by atoms with Crippen molar-refractivity contribution in [3.63, 3.8) is 0 Å². The van der Waals surface area contributed by atoms with Gasteiger partial charge in [-0.2, -0.15) is 0 Å². The number of hydrogen-bond donors (Lipinski definition) is 1. The molecule has 5 heteroatoms. The third kappa shape index (κ3) is 2.71. The van der Waals surface area contributed by atoms with Crippen molar-refractivity contribution in [2.75, 3.05) is 11.4 Å². The van der Waals surface area contributed by atoms with Gasteiger partial charge < -0.3 is 5.73 Å². The molecule has 19 heavy (non-hydrogen) atoms. The summed E-state index contributed by atoms with van der Waals surface area (Å²) in [6.45, 7) is 1.88. The summed E-state index contributed by atoms with van der Waals surface area (Å²) in [5.41, 5.74) is 7.97. The van der Waals surface area contributed by atoms with Crippen molar-refractivity contribution in [3.05, 3.63) is 29.3 Å². The maximum Gasteiger partial charge on any atom is 0.241 e. The van der Waals surface area contributed by atoms with Gasteiger partial charge in [-0.05, 0) is 37.1 Å². The third-order valence-electron chi connectivity index (χ3n) is 3.06. The van der Waals surface area contributed by atoms with Gasteiger partial charge in [-0.3, -0.25) is 14.4 Å². The largest absolute Gasteiger partial charge is 0.330 e. The molecule has 1 aromatic carbocycles. The molecule has 2 rings (SSSR count). The van der Waals surface area contributed by atoms with Crippen LogP contribution in [0.2, 0.25) is 0 Å². The van der Waals surface area contributed by atoms with Crippen molar-refractivity contribution < 1.29 is 14.4 Å². The Labute approximate surface area is 111 Å². The highest BCUT2D eigenvalue weighted by Gasteiger charge is 2.32. The Morgan fingerprint density at radius 2 is 2.11 bits per heavy atom. The highest BCUT2D eigenvalue weighted by Crippen LogP contribution is 2.30. The number of Topliss-reactive ketones (excluding diaryl/α,β-unsaturated/α-hetero) is 1. The molecule has 0 fully saturated rings. The van der Waals surface area contributed by atoms with E-state index in [0.29, 0.717) is 12.2 Å². The summed E-state index contributed by atoms with van der Waals surface area (Å²) in [6, 6.07) is 5.52. The van der Waals surface area contributed by atoms with Crippen LogP contribution in [0.15, 0.2) is 18.2 Å². The number of hydrogen-bond acceptors (Lipinski definition) is 4. The van der Waals surface area contributed by atoms with Gasteiger partial charge in [-0.25, -0.2) is 4.90 Å². The first-order chi connectivity index (χ1) is 9.02. The summed E-state index contributed by atoms with van der Waals surface area (Å²) >= 11 is 0. The van der Waals surface area contributed by atoms with Gasteiger partial charge in [0.25, 0.3) is 0 Å². The molecule has 1 aliphatic heterocycles. The number of nitrogens with zero attached hydrogens (tertiary/aromatic N) is 1. The number of fused-ring (bicyclic) bond motifs is 1. The molecule has 0 spiro atoms. The Balaban J connectivity index is 2.29. The van der Waals surface area contributed by atoms with Crippen molar-refractivity contribution in [2.24, 2.45) is 5.73 Å². The lowest BCUT2D eigenvalue weighted by Crippen LogP contribution is -2.34. The molecule has 2 N–H and O–H groups in total. The predicted octanol–water partition coefficient (Wildman–Crippen LogP) is 0.583. The van der Waals surface area contributed by atoms with Crippen LogP contribution in [0.25, 0.3) is 0 Å². The van der Waals surface area contributed by atoms with E-state index in [1.807, 2.05) is 12.1 Å². The molecular formula is C14H16N2O3. The first-order valence-corrected chi connectivity index (χ1v) is 6.20. The van der Waals surface area contributed by atoms with Gasteiger partial charge in [0.05, 0.1) is 18.5 Å². The molecule has 0 radical (unpaired) electrons. The number of ketones is 1. The number of carbonyl (C=O) groups is 3. The summed E-state index contributed by atoms with van der Waals surface area (Å²) in [7, 11) is 0. The molecule has 2 amide bonds. The SMILES string of the molecule is CC(=O)CC(=O)N1C(=O)Cc2cc(CCN)ccc21. The Morgan fingerprint density at radius 3 is 2.74 bits per heavy atom. The predicted molar refractivity (Wildman–Crippen MR) is 70.7 cm³/mol. The molecule has 5 nitrogen and oxygen atoms in total. The molecule has 1 heterocycles. The molecule has 0 saturated heterocycles. The molecule has 0 aromatic heterocycles. The molecule has 0 saturated carbocycles. The molecule has 1 aromatic rings. The Hall–Kier alpha value is -2.01. The Bertz CT molecular complexity index is 552. The number of imide groups is 1. The van der Waals surface area contributed by atoms with Crippen molar-refractivity contribution >= 4 is 23.3 Å². The molecule has 100 valence electrons. The van der Waals surface area contributed by atoms with Gasteiger partial charge in [0.2, 0.25) is 11.8 Å². The number of anilines is 1. The van der Waals surface area contributed by atoms with E-state index in [-0.39, 0.29) is 24.5 Å². The number of benzene rings is 1. The molecule has 0 atom stereocenters. The molecule has 0 aliphatic carbocycles. The molecule has 0 bridgehead atoms. The topological polar surface area (TPSA) is 80.5 Å². The van der Waals surface area contributed by atoms with Crippen LogP contribution in [0.5, 0.6) is 0 Å².